The third-order valence-corrected chi connectivity index (χ3v) is 8.46. The number of likely N-dealkylation sites (N-methyl/N-ethyl adjacent to an activating group) is 1. The van der Waals surface area contributed by atoms with Crippen LogP contribution in [-0.2, 0) is 26.2 Å². The fourth-order valence-corrected chi connectivity index (χ4v) is 5.36. The van der Waals surface area contributed by atoms with Gasteiger partial charge in [0, 0.05) is 19.6 Å². The molecular formula is C29H37N3O5S. The molecule has 0 bridgehead atoms. The van der Waals surface area contributed by atoms with Gasteiger partial charge in [0.1, 0.15) is 11.8 Å². The molecule has 0 aliphatic heterocycles. The predicted octanol–water partition coefficient (Wildman–Crippen LogP) is 4.19. The van der Waals surface area contributed by atoms with Gasteiger partial charge in [0.15, 0.2) is 0 Å². The Morgan fingerprint density at radius 1 is 0.947 bits per heavy atom. The minimum atomic E-state index is -3.95. The standard InChI is InChI=1S/C29H37N3O5S/c1-6-21(3)30-29(34)27(7-2)32(19-22-11-10-14-25(17-22)37-5)28(33)20-31(4)38(35,36)26-16-15-23-12-8-9-13-24(23)18-26/h8-18,21,27H,6-7,19-20H2,1-5H3,(H,30,34)/t21-,27+/m0/s1. The van der Waals surface area contributed by atoms with E-state index in [4.69, 9.17) is 4.74 Å². The number of ether oxygens (including phenoxy) is 1. The largest absolute Gasteiger partial charge is 0.497 e. The summed E-state index contributed by atoms with van der Waals surface area (Å²) in [6, 6.07) is 18.8. The van der Waals surface area contributed by atoms with Crippen LogP contribution in [0.15, 0.2) is 71.6 Å². The molecule has 0 radical (unpaired) electrons. The molecule has 2 atom stereocenters. The van der Waals surface area contributed by atoms with E-state index in [1.54, 1.807) is 37.4 Å². The van der Waals surface area contributed by atoms with Crippen molar-refractivity contribution in [2.24, 2.45) is 0 Å². The van der Waals surface area contributed by atoms with Crippen LogP contribution >= 0.6 is 0 Å². The first-order chi connectivity index (χ1) is 18.1. The third kappa shape index (κ3) is 6.90. The van der Waals surface area contributed by atoms with Crippen molar-refractivity contribution in [2.45, 2.75) is 57.1 Å². The van der Waals surface area contributed by atoms with Gasteiger partial charge < -0.3 is 15.0 Å². The molecule has 8 nitrogen and oxygen atoms in total. The summed E-state index contributed by atoms with van der Waals surface area (Å²) >= 11 is 0. The first kappa shape index (κ1) is 29.1. The number of benzene rings is 3. The lowest BCUT2D eigenvalue weighted by atomic mass is 10.1. The van der Waals surface area contributed by atoms with Crippen LogP contribution < -0.4 is 10.1 Å². The number of nitrogens with zero attached hydrogens (tertiary/aromatic N) is 2. The quantitative estimate of drug-likeness (QED) is 0.372. The van der Waals surface area contributed by atoms with Crippen LogP contribution in [0.4, 0.5) is 0 Å². The van der Waals surface area contributed by atoms with Gasteiger partial charge in [-0.1, -0.05) is 56.3 Å². The van der Waals surface area contributed by atoms with E-state index in [0.29, 0.717) is 12.2 Å². The SMILES string of the molecule is CC[C@H](C(=O)N[C@@H](C)CC)N(Cc1cccc(OC)c1)C(=O)CN(C)S(=O)(=O)c1ccc2ccccc2c1. The lowest BCUT2D eigenvalue weighted by Gasteiger charge is -2.32. The Bertz CT molecular complexity index is 1380. The Morgan fingerprint density at radius 3 is 2.32 bits per heavy atom. The monoisotopic (exact) mass is 539 g/mol. The molecule has 9 heteroatoms. The van der Waals surface area contributed by atoms with Gasteiger partial charge >= 0.3 is 0 Å². The molecule has 0 aliphatic rings. The minimum absolute atomic E-state index is 0.0544. The first-order valence-corrected chi connectivity index (χ1v) is 14.2. The molecule has 0 aliphatic carbocycles. The highest BCUT2D eigenvalue weighted by molar-refractivity contribution is 7.89. The van der Waals surface area contributed by atoms with Crippen LogP contribution in [0.2, 0.25) is 0 Å². The lowest BCUT2D eigenvalue weighted by molar-refractivity contribution is -0.141. The highest BCUT2D eigenvalue weighted by Gasteiger charge is 2.32. The second kappa shape index (κ2) is 12.9. The van der Waals surface area contributed by atoms with Gasteiger partial charge in [-0.15, -0.1) is 0 Å². The number of rotatable bonds is 12. The van der Waals surface area contributed by atoms with Crippen LogP contribution in [0, 0.1) is 0 Å². The molecular weight excluding hydrogens is 502 g/mol. The highest BCUT2D eigenvalue weighted by atomic mass is 32.2. The van der Waals surface area contributed by atoms with Crippen LogP contribution in [0.3, 0.4) is 0 Å². The summed E-state index contributed by atoms with van der Waals surface area (Å²) in [5.41, 5.74) is 0.771. The summed E-state index contributed by atoms with van der Waals surface area (Å²) in [6.07, 6.45) is 1.12. The van der Waals surface area contributed by atoms with Gasteiger partial charge in [0.05, 0.1) is 18.6 Å². The normalized spacial score (nSPS) is 13.2. The summed E-state index contributed by atoms with van der Waals surface area (Å²) in [4.78, 5) is 28.4. The Kier molecular flexibility index (Phi) is 9.88. The predicted molar refractivity (Wildman–Crippen MR) is 149 cm³/mol. The first-order valence-electron chi connectivity index (χ1n) is 12.8. The number of sulfonamides is 1. The van der Waals surface area contributed by atoms with Gasteiger partial charge in [-0.2, -0.15) is 4.31 Å². The molecule has 0 fully saturated rings. The molecule has 3 aromatic carbocycles. The number of fused-ring (bicyclic) bond motifs is 1. The number of methoxy groups -OCH3 is 1. The van der Waals surface area contributed by atoms with Crippen molar-refractivity contribution >= 4 is 32.6 Å². The Labute approximate surface area is 225 Å². The summed E-state index contributed by atoms with van der Waals surface area (Å²) in [5.74, 6) is -0.105. The summed E-state index contributed by atoms with van der Waals surface area (Å²) in [6.45, 7) is 5.43. The van der Waals surface area contributed by atoms with Gasteiger partial charge in [0.25, 0.3) is 0 Å². The molecule has 0 saturated heterocycles. The highest BCUT2D eigenvalue weighted by Crippen LogP contribution is 2.22. The van der Waals surface area contributed by atoms with E-state index in [2.05, 4.69) is 5.32 Å². The van der Waals surface area contributed by atoms with Crippen molar-refractivity contribution in [3.63, 3.8) is 0 Å². The molecule has 0 saturated carbocycles. The van der Waals surface area contributed by atoms with E-state index in [9.17, 15) is 18.0 Å². The van der Waals surface area contributed by atoms with Gasteiger partial charge in [-0.3, -0.25) is 9.59 Å². The molecule has 0 aromatic heterocycles. The molecule has 1 N–H and O–H groups in total. The Morgan fingerprint density at radius 2 is 1.66 bits per heavy atom. The maximum atomic E-state index is 13.7. The van der Waals surface area contributed by atoms with E-state index in [0.717, 1.165) is 27.1 Å². The lowest BCUT2D eigenvalue weighted by Crippen LogP contribution is -2.53. The maximum Gasteiger partial charge on any atom is 0.243 e. The zero-order valence-corrected chi connectivity index (χ0v) is 23.5. The molecule has 0 heterocycles. The van der Waals surface area contributed by atoms with Crippen LogP contribution in [0.1, 0.15) is 39.2 Å². The summed E-state index contributed by atoms with van der Waals surface area (Å²) < 4.78 is 33.1. The summed E-state index contributed by atoms with van der Waals surface area (Å²) in [7, 11) is -1.01. The Balaban J connectivity index is 1.89. The fourth-order valence-electron chi connectivity index (χ4n) is 4.20. The second-order valence-corrected chi connectivity index (χ2v) is 11.4. The Hall–Kier alpha value is -3.43. The third-order valence-electron chi connectivity index (χ3n) is 6.66. The van der Waals surface area contributed by atoms with Crippen molar-refractivity contribution < 1.29 is 22.7 Å². The topological polar surface area (TPSA) is 96.0 Å². The molecule has 38 heavy (non-hydrogen) atoms. The van der Waals surface area contributed by atoms with E-state index < -0.39 is 28.5 Å². The second-order valence-electron chi connectivity index (χ2n) is 9.39. The number of amides is 2. The van der Waals surface area contributed by atoms with E-state index in [-0.39, 0.29) is 23.4 Å². The summed E-state index contributed by atoms with van der Waals surface area (Å²) in [5, 5.41) is 4.68. The van der Waals surface area contributed by atoms with Crippen LogP contribution in [0.5, 0.6) is 5.75 Å². The van der Waals surface area contributed by atoms with Crippen LogP contribution in [0.25, 0.3) is 10.8 Å². The molecule has 0 unspecified atom stereocenters. The van der Waals surface area contributed by atoms with E-state index in [1.807, 2.05) is 57.2 Å². The van der Waals surface area contributed by atoms with Crippen molar-refractivity contribution in [1.82, 2.24) is 14.5 Å². The van der Waals surface area contributed by atoms with Crippen molar-refractivity contribution in [2.75, 3.05) is 20.7 Å². The minimum Gasteiger partial charge on any atom is -0.497 e. The average Bonchev–Trinajstić information content (AvgIpc) is 2.92. The molecule has 2 amide bonds. The van der Waals surface area contributed by atoms with E-state index >= 15 is 0 Å². The molecule has 3 aromatic rings. The molecule has 204 valence electrons. The van der Waals surface area contributed by atoms with Gasteiger partial charge in [0.2, 0.25) is 21.8 Å². The van der Waals surface area contributed by atoms with Crippen molar-refractivity contribution in [3.05, 3.63) is 72.3 Å². The number of nitrogens with one attached hydrogen (secondary N) is 1. The van der Waals surface area contributed by atoms with Crippen molar-refractivity contribution in [1.29, 1.82) is 0 Å². The van der Waals surface area contributed by atoms with Gasteiger partial charge in [-0.05, 0) is 60.4 Å². The maximum absolute atomic E-state index is 13.7. The van der Waals surface area contributed by atoms with Gasteiger partial charge in [-0.25, -0.2) is 8.42 Å². The zero-order chi connectivity index (χ0) is 27.9. The molecule has 3 rings (SSSR count). The number of hydrogen-bond acceptors (Lipinski definition) is 5. The molecule has 0 spiro atoms. The number of hydrogen-bond donors (Lipinski definition) is 1. The van der Waals surface area contributed by atoms with Crippen LogP contribution in [-0.4, -0.2) is 62.2 Å². The smallest absolute Gasteiger partial charge is 0.243 e. The van der Waals surface area contributed by atoms with E-state index in [1.165, 1.54) is 11.9 Å². The number of carbonyl (C=O) groups excluding carboxylic acids is 2. The zero-order valence-electron chi connectivity index (χ0n) is 22.7. The average molecular weight is 540 g/mol. The number of carbonyl (C=O) groups is 2. The fraction of sp³-hybridized carbons (Fsp3) is 0.379. The van der Waals surface area contributed by atoms with Crippen molar-refractivity contribution in [3.8, 4) is 5.75 Å².